The molecule has 104 valence electrons. The lowest BCUT2D eigenvalue weighted by molar-refractivity contribution is -0.384. The van der Waals surface area contributed by atoms with Gasteiger partial charge in [0.15, 0.2) is 0 Å². The predicted octanol–water partition coefficient (Wildman–Crippen LogP) is 4.37. The van der Waals surface area contributed by atoms with Crippen LogP contribution in [0.15, 0.2) is 49.0 Å². The number of para-hydroxylation sites is 1. The highest BCUT2D eigenvalue weighted by atomic mass is 35.5. The summed E-state index contributed by atoms with van der Waals surface area (Å²) in [4.78, 5) is 10.8. The minimum Gasteiger partial charge on any atom is -0.258 e. The molecular weight excluding hydrogens is 290 g/mol. The van der Waals surface area contributed by atoms with Crippen LogP contribution in [0.5, 0.6) is 0 Å². The number of nitro benzene ring substituents is 1. The molecule has 0 saturated carbocycles. The van der Waals surface area contributed by atoms with Gasteiger partial charge in [0, 0.05) is 22.7 Å². The Morgan fingerprint density at radius 2 is 2.05 bits per heavy atom. The van der Waals surface area contributed by atoms with Gasteiger partial charge in [0.2, 0.25) is 0 Å². The van der Waals surface area contributed by atoms with Crippen molar-refractivity contribution in [3.63, 3.8) is 0 Å². The highest BCUT2D eigenvalue weighted by Gasteiger charge is 2.20. The minimum absolute atomic E-state index is 0.0676. The number of hydrogen-bond donors (Lipinski definition) is 0. The standard InChI is InChI=1S/C15H10ClN3O2/c1-2-18-13-6-4-3-5-11(13)15(17-18)12-8-7-10(16)9-14(12)19(20)21/h2-9H,1H2. The van der Waals surface area contributed by atoms with Crippen molar-refractivity contribution in [2.24, 2.45) is 0 Å². The van der Waals surface area contributed by atoms with E-state index in [-0.39, 0.29) is 5.69 Å². The van der Waals surface area contributed by atoms with Crippen molar-refractivity contribution in [1.82, 2.24) is 9.78 Å². The molecule has 0 atom stereocenters. The van der Waals surface area contributed by atoms with Gasteiger partial charge in [-0.1, -0.05) is 36.4 Å². The summed E-state index contributed by atoms with van der Waals surface area (Å²) in [5.74, 6) is 0. The molecule has 0 aliphatic rings. The lowest BCUT2D eigenvalue weighted by Gasteiger charge is -2.01. The molecule has 3 aromatic rings. The zero-order valence-corrected chi connectivity index (χ0v) is 11.6. The van der Waals surface area contributed by atoms with E-state index in [0.717, 1.165) is 10.9 Å². The Morgan fingerprint density at radius 1 is 1.29 bits per heavy atom. The third kappa shape index (κ3) is 2.17. The second-order valence-electron chi connectivity index (χ2n) is 4.41. The van der Waals surface area contributed by atoms with Gasteiger partial charge >= 0.3 is 0 Å². The molecule has 1 aromatic heterocycles. The SMILES string of the molecule is C=Cn1nc(-c2ccc(Cl)cc2[N+](=O)[O-])c2ccccc21. The number of halogens is 1. The number of benzene rings is 2. The van der Waals surface area contributed by atoms with E-state index in [1.54, 1.807) is 23.0 Å². The second-order valence-corrected chi connectivity index (χ2v) is 4.85. The fourth-order valence-electron chi connectivity index (χ4n) is 2.28. The summed E-state index contributed by atoms with van der Waals surface area (Å²) in [7, 11) is 0. The molecule has 0 N–H and O–H groups in total. The quantitative estimate of drug-likeness (QED) is 0.533. The Balaban J connectivity index is 2.36. The van der Waals surface area contributed by atoms with Crippen molar-refractivity contribution in [3.05, 3.63) is 64.2 Å². The highest BCUT2D eigenvalue weighted by molar-refractivity contribution is 6.31. The summed E-state index contributed by atoms with van der Waals surface area (Å²) >= 11 is 5.85. The average molecular weight is 300 g/mol. The number of fused-ring (bicyclic) bond motifs is 1. The zero-order chi connectivity index (χ0) is 15.0. The van der Waals surface area contributed by atoms with E-state index < -0.39 is 4.92 Å². The fraction of sp³-hybridized carbons (Fsp3) is 0. The molecule has 0 saturated heterocycles. The largest absolute Gasteiger partial charge is 0.280 e. The van der Waals surface area contributed by atoms with Crippen LogP contribution in [0.25, 0.3) is 28.4 Å². The van der Waals surface area contributed by atoms with E-state index >= 15 is 0 Å². The van der Waals surface area contributed by atoms with Gasteiger partial charge in [0.1, 0.15) is 5.69 Å². The first-order valence-electron chi connectivity index (χ1n) is 6.16. The van der Waals surface area contributed by atoms with Gasteiger partial charge in [-0.25, -0.2) is 4.68 Å². The molecule has 0 radical (unpaired) electrons. The lowest BCUT2D eigenvalue weighted by atomic mass is 10.1. The van der Waals surface area contributed by atoms with Crippen LogP contribution >= 0.6 is 11.6 Å². The Morgan fingerprint density at radius 3 is 2.76 bits per heavy atom. The minimum atomic E-state index is -0.455. The van der Waals surface area contributed by atoms with Gasteiger partial charge < -0.3 is 0 Å². The number of hydrogen-bond acceptors (Lipinski definition) is 3. The Kier molecular flexibility index (Phi) is 3.19. The number of rotatable bonds is 3. The van der Waals surface area contributed by atoms with Crippen molar-refractivity contribution in [2.45, 2.75) is 0 Å². The molecule has 0 fully saturated rings. The monoisotopic (exact) mass is 299 g/mol. The molecule has 0 amide bonds. The summed E-state index contributed by atoms with van der Waals surface area (Å²) in [6.45, 7) is 3.71. The van der Waals surface area contributed by atoms with Crippen LogP contribution < -0.4 is 0 Å². The maximum atomic E-state index is 11.3. The van der Waals surface area contributed by atoms with E-state index in [1.807, 2.05) is 24.3 Å². The summed E-state index contributed by atoms with van der Waals surface area (Å²) in [5, 5.41) is 16.8. The van der Waals surface area contributed by atoms with Gasteiger partial charge in [-0.15, -0.1) is 0 Å². The van der Waals surface area contributed by atoms with Crippen LogP contribution in [0.1, 0.15) is 0 Å². The molecule has 1 heterocycles. The summed E-state index contributed by atoms with van der Waals surface area (Å²) < 4.78 is 1.60. The average Bonchev–Trinajstić information content (AvgIpc) is 2.86. The van der Waals surface area contributed by atoms with Gasteiger partial charge in [-0.05, 0) is 18.2 Å². The van der Waals surface area contributed by atoms with Crippen LogP contribution in [-0.2, 0) is 0 Å². The van der Waals surface area contributed by atoms with Gasteiger partial charge in [-0.2, -0.15) is 5.10 Å². The van der Waals surface area contributed by atoms with Crippen LogP contribution in [0, 0.1) is 10.1 Å². The maximum Gasteiger partial charge on any atom is 0.280 e. The number of nitro groups is 1. The molecule has 0 bridgehead atoms. The van der Waals surface area contributed by atoms with Crippen LogP contribution in [0.4, 0.5) is 5.69 Å². The molecule has 0 spiro atoms. The third-order valence-corrected chi connectivity index (χ3v) is 3.43. The number of nitrogens with zero attached hydrogens (tertiary/aromatic N) is 3. The van der Waals surface area contributed by atoms with Crippen LogP contribution in [-0.4, -0.2) is 14.7 Å². The molecular formula is C15H10ClN3O2. The van der Waals surface area contributed by atoms with E-state index in [2.05, 4.69) is 11.7 Å². The molecule has 0 aliphatic carbocycles. The van der Waals surface area contributed by atoms with E-state index in [4.69, 9.17) is 11.6 Å². The predicted molar refractivity (Wildman–Crippen MR) is 83.2 cm³/mol. The highest BCUT2D eigenvalue weighted by Crippen LogP contribution is 2.35. The molecule has 2 aromatic carbocycles. The van der Waals surface area contributed by atoms with Crippen molar-refractivity contribution in [1.29, 1.82) is 0 Å². The Hall–Kier alpha value is -2.66. The fourth-order valence-corrected chi connectivity index (χ4v) is 2.45. The first-order chi connectivity index (χ1) is 10.1. The number of aromatic nitrogens is 2. The maximum absolute atomic E-state index is 11.3. The molecule has 3 rings (SSSR count). The molecule has 0 aliphatic heterocycles. The summed E-state index contributed by atoms with van der Waals surface area (Å²) in [6, 6.07) is 12.1. The zero-order valence-electron chi connectivity index (χ0n) is 10.9. The summed E-state index contributed by atoms with van der Waals surface area (Å²) in [6.07, 6.45) is 1.56. The first-order valence-corrected chi connectivity index (χ1v) is 6.53. The topological polar surface area (TPSA) is 61.0 Å². The molecule has 5 nitrogen and oxygen atoms in total. The smallest absolute Gasteiger partial charge is 0.258 e. The van der Waals surface area contributed by atoms with E-state index in [1.165, 1.54) is 6.07 Å². The van der Waals surface area contributed by atoms with E-state index in [0.29, 0.717) is 16.3 Å². The van der Waals surface area contributed by atoms with Crippen molar-refractivity contribution < 1.29 is 4.92 Å². The first kappa shape index (κ1) is 13.3. The van der Waals surface area contributed by atoms with E-state index in [9.17, 15) is 10.1 Å². The van der Waals surface area contributed by atoms with Crippen molar-refractivity contribution >= 4 is 34.4 Å². The normalized spacial score (nSPS) is 10.7. The molecule has 0 unspecified atom stereocenters. The lowest BCUT2D eigenvalue weighted by Crippen LogP contribution is -1.93. The third-order valence-electron chi connectivity index (χ3n) is 3.20. The van der Waals surface area contributed by atoms with Crippen LogP contribution in [0.3, 0.4) is 0 Å². The Labute approximate surface area is 125 Å². The van der Waals surface area contributed by atoms with Gasteiger partial charge in [0.25, 0.3) is 5.69 Å². The second kappa shape index (κ2) is 5.03. The molecule has 21 heavy (non-hydrogen) atoms. The van der Waals surface area contributed by atoms with Gasteiger partial charge in [-0.3, -0.25) is 10.1 Å². The van der Waals surface area contributed by atoms with Gasteiger partial charge in [0.05, 0.1) is 16.0 Å². The Bertz CT molecular complexity index is 870. The molecule has 6 heteroatoms. The van der Waals surface area contributed by atoms with Crippen LogP contribution in [0.2, 0.25) is 5.02 Å². The van der Waals surface area contributed by atoms with Crippen molar-refractivity contribution in [2.75, 3.05) is 0 Å². The summed E-state index contributed by atoms with van der Waals surface area (Å²) in [5.41, 5.74) is 1.74. The van der Waals surface area contributed by atoms with Crippen molar-refractivity contribution in [3.8, 4) is 11.3 Å².